The first-order valence-electron chi connectivity index (χ1n) is 34.4. The van der Waals surface area contributed by atoms with Gasteiger partial charge in [0.15, 0.2) is 23.3 Å². The molecule has 20 nitrogen and oxygen atoms in total. The molecule has 94 heavy (non-hydrogen) atoms. The van der Waals surface area contributed by atoms with E-state index in [2.05, 4.69) is 186 Å². The van der Waals surface area contributed by atoms with Gasteiger partial charge in [-0.3, -0.25) is 0 Å². The smallest absolute Gasteiger partial charge is 0.206 e. The standard InChI is InChI=1S/C20H29N5.C19H27N5.C18H25N5.C17H23N5/c1-5-6-9-12-24(4)20-23-17-18(25(20)13-14(2)3)15-10-7-8-11-16(15)22-19(17)21;1-5-6-11-23(4)19-22-16-17(24(19)12-13(2)3)14-9-7-8-10-15(14)21-18(16)20;1-4-5-10-20-18-22-15-16(23(18)11-12(2)3)13-8-6-7-9-14(13)21-17(15)19;1-4-9-19-17-21-14-15(22(17)10-11(2)3)12-7-5-6-8-13(12)20-16(14)18/h7-8,10-11,14H,5-6,9,12-13H2,1-4H3,(H2,21,22);7-10,13H,5-6,11-12H2,1-4H3,(H2,20,21);6-9,12H,4-5,10-11H2,1-3H3,(H2,19,21)(H,20,22);5-8,11H,4,9-10H2,1-3H3,(H2,18,20)(H,19,21). The quantitative estimate of drug-likeness (QED) is 0.0307. The first-order valence-corrected chi connectivity index (χ1v) is 34.4. The van der Waals surface area contributed by atoms with Gasteiger partial charge in [0.25, 0.3) is 0 Å². The highest BCUT2D eigenvalue weighted by Crippen LogP contribution is 2.36. The lowest BCUT2D eigenvalue weighted by Crippen LogP contribution is -2.23. The van der Waals surface area contributed by atoms with Gasteiger partial charge in [0.05, 0.1) is 44.1 Å². The number of hydrogen-bond donors (Lipinski definition) is 6. The molecule has 0 aliphatic carbocycles. The fraction of sp³-hybridized carbons (Fsp3) is 0.459. The van der Waals surface area contributed by atoms with Gasteiger partial charge in [-0.1, -0.05) is 182 Å². The van der Waals surface area contributed by atoms with Gasteiger partial charge in [-0.15, -0.1) is 0 Å². The zero-order chi connectivity index (χ0) is 67.3. The number of nitrogens with two attached hydrogens (primary N) is 4. The molecule has 0 fully saturated rings. The summed E-state index contributed by atoms with van der Waals surface area (Å²) in [5, 5.41) is 11.3. The second-order valence-corrected chi connectivity index (χ2v) is 26.7. The molecule has 8 aromatic heterocycles. The molecule has 500 valence electrons. The maximum absolute atomic E-state index is 6.25. The number of para-hydroxylation sites is 4. The highest BCUT2D eigenvalue weighted by molar-refractivity contribution is 6.10. The number of aromatic nitrogens is 12. The molecule has 0 saturated heterocycles. The largest absolute Gasteiger partial charge is 0.382 e. The Hall–Kier alpha value is -9.20. The van der Waals surface area contributed by atoms with Crippen LogP contribution in [0.3, 0.4) is 0 Å². The van der Waals surface area contributed by atoms with E-state index in [9.17, 15) is 0 Å². The highest BCUT2D eigenvalue weighted by Gasteiger charge is 2.24. The average Bonchev–Trinajstić information content (AvgIpc) is 1.61. The Morgan fingerprint density at radius 3 is 0.979 bits per heavy atom. The maximum Gasteiger partial charge on any atom is 0.206 e. The van der Waals surface area contributed by atoms with Gasteiger partial charge in [-0.25, -0.2) is 39.9 Å². The summed E-state index contributed by atoms with van der Waals surface area (Å²) in [5.41, 5.74) is 36.1. The Morgan fingerprint density at radius 1 is 0.351 bits per heavy atom. The number of fused-ring (bicyclic) bond motifs is 12. The van der Waals surface area contributed by atoms with Gasteiger partial charge in [0.2, 0.25) is 23.8 Å². The molecule has 4 aromatic carbocycles. The Kier molecular flexibility index (Phi) is 23.3. The summed E-state index contributed by atoms with van der Waals surface area (Å²) in [6, 6.07) is 32.6. The molecule has 0 aliphatic rings. The van der Waals surface area contributed by atoms with Crippen molar-refractivity contribution in [2.75, 3.05) is 83.6 Å². The third-order valence-electron chi connectivity index (χ3n) is 16.6. The van der Waals surface area contributed by atoms with Gasteiger partial charge in [-0.05, 0) is 73.6 Å². The number of unbranched alkanes of at least 4 members (excludes halogenated alkanes) is 4. The SMILES string of the molecule is CCCCCN(C)c1nc2c(N)nc3ccccc3c2n1CC(C)C.CCCCN(C)c1nc2c(N)nc3ccccc3c2n1CC(C)C.CCCCNc1nc2c(N)nc3ccccc3c2n1CC(C)C.CCCNc1nc2c(N)nc3ccccc3c2n1CC(C)C. The molecule has 8 heterocycles. The van der Waals surface area contributed by atoms with Crippen molar-refractivity contribution in [2.45, 2.75) is 161 Å². The monoisotopic (exact) mass is 1270 g/mol. The van der Waals surface area contributed by atoms with Crippen molar-refractivity contribution in [1.29, 1.82) is 0 Å². The summed E-state index contributed by atoms with van der Waals surface area (Å²) in [5.74, 6) is 7.86. The van der Waals surface area contributed by atoms with Crippen molar-refractivity contribution in [2.24, 2.45) is 23.7 Å². The summed E-state index contributed by atoms with van der Waals surface area (Å²) < 4.78 is 9.15. The van der Waals surface area contributed by atoms with Crippen LogP contribution in [0.2, 0.25) is 0 Å². The summed E-state index contributed by atoms with van der Waals surface area (Å²) in [4.78, 5) is 41.8. The molecular weight excluding hydrogens is 1170 g/mol. The lowest BCUT2D eigenvalue weighted by molar-refractivity contribution is 0.529. The Balaban J connectivity index is 0.000000148. The number of hydrogen-bond acceptors (Lipinski definition) is 16. The number of nitrogen functional groups attached to an aromatic ring is 4. The minimum Gasteiger partial charge on any atom is -0.382 e. The predicted molar refractivity (Wildman–Crippen MR) is 400 cm³/mol. The van der Waals surface area contributed by atoms with E-state index in [1.54, 1.807) is 0 Å². The molecule has 0 amide bonds. The summed E-state index contributed by atoms with van der Waals surface area (Å²) >= 11 is 0. The van der Waals surface area contributed by atoms with Crippen molar-refractivity contribution >= 4 is 135 Å². The summed E-state index contributed by atoms with van der Waals surface area (Å²) in [6.45, 7) is 34.0. The maximum atomic E-state index is 6.25. The third-order valence-corrected chi connectivity index (χ3v) is 16.6. The Bertz CT molecular complexity index is 4470. The summed E-state index contributed by atoms with van der Waals surface area (Å²) in [7, 11) is 4.24. The molecule has 0 spiro atoms. The van der Waals surface area contributed by atoms with Crippen molar-refractivity contribution < 1.29 is 0 Å². The van der Waals surface area contributed by atoms with Gasteiger partial charge < -0.3 is 61.6 Å². The second kappa shape index (κ2) is 31.6. The molecular formula is C74H104N20. The fourth-order valence-electron chi connectivity index (χ4n) is 12.2. The van der Waals surface area contributed by atoms with Crippen LogP contribution in [0.4, 0.5) is 47.1 Å². The number of anilines is 8. The van der Waals surface area contributed by atoms with E-state index in [1.165, 1.54) is 25.7 Å². The van der Waals surface area contributed by atoms with Crippen LogP contribution in [-0.4, -0.2) is 98.4 Å². The Morgan fingerprint density at radius 2 is 0.649 bits per heavy atom. The number of imidazole rings is 4. The lowest BCUT2D eigenvalue weighted by Gasteiger charge is -2.21. The third kappa shape index (κ3) is 15.5. The van der Waals surface area contributed by atoms with Crippen LogP contribution < -0.4 is 43.4 Å². The van der Waals surface area contributed by atoms with Crippen LogP contribution in [0.5, 0.6) is 0 Å². The molecule has 20 heteroatoms. The molecule has 10 N–H and O–H groups in total. The van der Waals surface area contributed by atoms with Crippen LogP contribution in [0.15, 0.2) is 97.1 Å². The summed E-state index contributed by atoms with van der Waals surface area (Å²) in [6.07, 6.45) is 9.28. The van der Waals surface area contributed by atoms with E-state index >= 15 is 0 Å². The predicted octanol–water partition coefficient (Wildman–Crippen LogP) is 16.2. The van der Waals surface area contributed by atoms with Crippen molar-refractivity contribution in [1.82, 2.24) is 58.1 Å². The van der Waals surface area contributed by atoms with Crippen LogP contribution in [-0.2, 0) is 26.2 Å². The van der Waals surface area contributed by atoms with Gasteiger partial charge in [-0.2, -0.15) is 0 Å². The molecule has 12 aromatic rings. The van der Waals surface area contributed by atoms with Crippen molar-refractivity contribution in [3.8, 4) is 0 Å². The van der Waals surface area contributed by atoms with Crippen LogP contribution in [0.25, 0.3) is 87.7 Å². The topological polar surface area (TPSA) is 257 Å². The van der Waals surface area contributed by atoms with Crippen LogP contribution in [0, 0.1) is 23.7 Å². The van der Waals surface area contributed by atoms with E-state index in [1.807, 2.05) is 66.7 Å². The zero-order valence-electron chi connectivity index (χ0n) is 58.4. The molecule has 0 aliphatic heterocycles. The van der Waals surface area contributed by atoms with E-state index < -0.39 is 0 Å². The first-order chi connectivity index (χ1) is 45.3. The number of pyridine rings is 4. The molecule has 0 unspecified atom stereocenters. The zero-order valence-corrected chi connectivity index (χ0v) is 58.4. The van der Waals surface area contributed by atoms with E-state index in [0.717, 1.165) is 190 Å². The van der Waals surface area contributed by atoms with Gasteiger partial charge in [0.1, 0.15) is 22.1 Å². The van der Waals surface area contributed by atoms with Crippen LogP contribution in [0.1, 0.15) is 134 Å². The number of nitrogens with one attached hydrogen (secondary N) is 2. The van der Waals surface area contributed by atoms with Crippen molar-refractivity contribution in [3.63, 3.8) is 0 Å². The van der Waals surface area contributed by atoms with E-state index in [4.69, 9.17) is 42.9 Å². The average molecular weight is 1270 g/mol. The number of benzene rings is 4. The molecule has 0 bridgehead atoms. The molecule has 0 atom stereocenters. The molecule has 0 radical (unpaired) electrons. The normalized spacial score (nSPS) is 11.7. The highest BCUT2D eigenvalue weighted by atomic mass is 15.3. The van der Waals surface area contributed by atoms with E-state index in [-0.39, 0.29) is 0 Å². The minimum atomic E-state index is 0.496. The van der Waals surface area contributed by atoms with E-state index in [0.29, 0.717) is 46.9 Å². The second-order valence-electron chi connectivity index (χ2n) is 26.7. The number of nitrogens with zero attached hydrogens (tertiary/aromatic N) is 14. The minimum absolute atomic E-state index is 0.496. The number of rotatable bonds is 24. The molecule has 0 saturated carbocycles. The van der Waals surface area contributed by atoms with Crippen LogP contribution >= 0.6 is 0 Å². The Labute approximate surface area is 555 Å². The van der Waals surface area contributed by atoms with Gasteiger partial charge >= 0.3 is 0 Å². The lowest BCUT2D eigenvalue weighted by atomic mass is 10.1. The fourth-order valence-corrected chi connectivity index (χ4v) is 12.2. The first kappa shape index (κ1) is 69.1. The van der Waals surface area contributed by atoms with Gasteiger partial charge in [0, 0.05) is 88.0 Å². The molecule has 12 rings (SSSR count). The van der Waals surface area contributed by atoms with Crippen molar-refractivity contribution in [3.05, 3.63) is 97.1 Å².